The van der Waals surface area contributed by atoms with Crippen molar-refractivity contribution in [1.82, 2.24) is 15.5 Å². The molecule has 1 aromatic rings. The zero-order valence-electron chi connectivity index (χ0n) is 14.5. The fourth-order valence-corrected chi connectivity index (χ4v) is 3.35. The molecule has 0 aliphatic carbocycles. The van der Waals surface area contributed by atoms with Crippen LogP contribution in [-0.4, -0.2) is 47.1 Å². The lowest BCUT2D eigenvalue weighted by atomic mass is 10.0. The first-order valence-electron chi connectivity index (χ1n) is 8.27. The zero-order valence-corrected chi connectivity index (χ0v) is 15.3. The lowest BCUT2D eigenvalue weighted by molar-refractivity contribution is 0.201. The van der Waals surface area contributed by atoms with Crippen LogP contribution in [0.15, 0.2) is 41.3 Å². The van der Waals surface area contributed by atoms with Gasteiger partial charge in [-0.05, 0) is 37.5 Å². The highest BCUT2D eigenvalue weighted by atomic mass is 32.2. The van der Waals surface area contributed by atoms with Crippen LogP contribution in [0.4, 0.5) is 4.79 Å². The molecule has 0 unspecified atom stereocenters. The number of likely N-dealkylation sites (tertiary alicyclic amines) is 1. The Morgan fingerprint density at radius 2 is 1.92 bits per heavy atom. The van der Waals surface area contributed by atoms with Gasteiger partial charge in [-0.1, -0.05) is 24.3 Å². The quantitative estimate of drug-likeness (QED) is 0.775. The van der Waals surface area contributed by atoms with E-state index in [9.17, 15) is 9.00 Å². The molecule has 1 aromatic carbocycles. The topological polar surface area (TPSA) is 61.4 Å². The Kier molecular flexibility index (Phi) is 6.99. The lowest BCUT2D eigenvalue weighted by Gasteiger charge is -2.32. The van der Waals surface area contributed by atoms with Gasteiger partial charge in [0.2, 0.25) is 0 Å². The monoisotopic (exact) mass is 349 g/mol. The summed E-state index contributed by atoms with van der Waals surface area (Å²) in [5, 5.41) is 5.93. The molecule has 1 saturated heterocycles. The summed E-state index contributed by atoms with van der Waals surface area (Å²) in [7, 11) is -0.971. The van der Waals surface area contributed by atoms with Crippen LogP contribution in [-0.2, 0) is 17.3 Å². The van der Waals surface area contributed by atoms with Gasteiger partial charge in [-0.25, -0.2) is 4.79 Å². The standard InChI is InChI=1S/C18H27N3O2S/c1-14(2)13-21-10-8-16(9-11-21)20-18(22)19-12-15-4-6-17(7-5-15)24(3)23/h4-7,16H,1,8-13H2,2-3H3,(H2,19,20,22)/t24-/m0/s1. The largest absolute Gasteiger partial charge is 0.335 e. The van der Waals surface area contributed by atoms with Gasteiger partial charge in [0, 0.05) is 54.2 Å². The van der Waals surface area contributed by atoms with Crippen LogP contribution < -0.4 is 10.6 Å². The maximum atomic E-state index is 12.0. The van der Waals surface area contributed by atoms with E-state index in [2.05, 4.69) is 22.1 Å². The van der Waals surface area contributed by atoms with Crippen molar-refractivity contribution in [2.24, 2.45) is 0 Å². The fourth-order valence-electron chi connectivity index (χ4n) is 2.83. The van der Waals surface area contributed by atoms with Crippen LogP contribution in [0.1, 0.15) is 25.3 Å². The summed E-state index contributed by atoms with van der Waals surface area (Å²) in [6, 6.07) is 7.57. The van der Waals surface area contributed by atoms with Gasteiger partial charge in [0.1, 0.15) is 0 Å². The normalized spacial score (nSPS) is 17.2. The molecule has 2 amide bonds. The Morgan fingerprint density at radius 1 is 1.29 bits per heavy atom. The Balaban J connectivity index is 1.70. The minimum atomic E-state index is -0.971. The maximum Gasteiger partial charge on any atom is 0.315 e. The van der Waals surface area contributed by atoms with Crippen molar-refractivity contribution < 1.29 is 9.00 Å². The number of carbonyl (C=O) groups is 1. The van der Waals surface area contributed by atoms with Gasteiger partial charge in [-0.3, -0.25) is 9.11 Å². The highest BCUT2D eigenvalue weighted by Crippen LogP contribution is 2.11. The van der Waals surface area contributed by atoms with Gasteiger partial charge in [-0.15, -0.1) is 0 Å². The van der Waals surface area contributed by atoms with Gasteiger partial charge in [-0.2, -0.15) is 0 Å². The molecule has 24 heavy (non-hydrogen) atoms. The number of amides is 2. The molecule has 1 atom stereocenters. The highest BCUT2D eigenvalue weighted by molar-refractivity contribution is 7.84. The molecule has 2 rings (SSSR count). The predicted molar refractivity (Wildman–Crippen MR) is 98.4 cm³/mol. The fraction of sp³-hybridized carbons (Fsp3) is 0.500. The number of rotatable bonds is 6. The molecule has 0 aromatic heterocycles. The molecule has 0 radical (unpaired) electrons. The molecule has 0 bridgehead atoms. The molecule has 1 heterocycles. The van der Waals surface area contributed by atoms with Crippen molar-refractivity contribution in [3.8, 4) is 0 Å². The Bertz CT molecular complexity index is 593. The van der Waals surface area contributed by atoms with E-state index in [1.165, 1.54) is 5.57 Å². The van der Waals surface area contributed by atoms with Crippen LogP contribution in [0.3, 0.4) is 0 Å². The molecule has 2 N–H and O–H groups in total. The van der Waals surface area contributed by atoms with E-state index in [1.807, 2.05) is 31.2 Å². The van der Waals surface area contributed by atoms with Crippen molar-refractivity contribution in [1.29, 1.82) is 0 Å². The predicted octanol–water partition coefficient (Wildman–Crippen LogP) is 2.26. The van der Waals surface area contributed by atoms with Crippen LogP contribution >= 0.6 is 0 Å². The van der Waals surface area contributed by atoms with Gasteiger partial charge in [0.05, 0.1) is 0 Å². The molecule has 0 saturated carbocycles. The number of carbonyl (C=O) groups excluding carboxylic acids is 1. The summed E-state index contributed by atoms with van der Waals surface area (Å²) >= 11 is 0. The SMILES string of the molecule is C=C(C)CN1CCC(NC(=O)NCc2ccc([S@](C)=O)cc2)CC1. The molecule has 1 aliphatic rings. The van der Waals surface area contributed by atoms with E-state index < -0.39 is 10.8 Å². The minimum Gasteiger partial charge on any atom is -0.335 e. The van der Waals surface area contributed by atoms with Crippen molar-refractivity contribution >= 4 is 16.8 Å². The summed E-state index contributed by atoms with van der Waals surface area (Å²) in [4.78, 5) is 15.2. The number of nitrogens with zero attached hydrogens (tertiary/aromatic N) is 1. The molecule has 1 fully saturated rings. The van der Waals surface area contributed by atoms with E-state index >= 15 is 0 Å². The van der Waals surface area contributed by atoms with Crippen molar-refractivity contribution in [3.63, 3.8) is 0 Å². The third kappa shape index (κ3) is 6.09. The summed E-state index contributed by atoms with van der Waals surface area (Å²) in [6.45, 7) is 9.39. The zero-order chi connectivity index (χ0) is 17.5. The number of nitrogens with one attached hydrogen (secondary N) is 2. The second-order valence-electron chi connectivity index (χ2n) is 6.43. The molecule has 0 spiro atoms. The third-order valence-corrected chi connectivity index (χ3v) is 5.06. The van der Waals surface area contributed by atoms with Crippen molar-refractivity contribution in [2.45, 2.75) is 37.2 Å². The number of urea groups is 1. The van der Waals surface area contributed by atoms with Crippen LogP contribution in [0, 0.1) is 0 Å². The van der Waals surface area contributed by atoms with Gasteiger partial charge < -0.3 is 10.6 Å². The Hall–Kier alpha value is -1.66. The average Bonchev–Trinajstić information content (AvgIpc) is 2.54. The smallest absolute Gasteiger partial charge is 0.315 e. The molecule has 132 valence electrons. The van der Waals surface area contributed by atoms with E-state index in [0.717, 1.165) is 42.9 Å². The van der Waals surface area contributed by atoms with Crippen LogP contribution in [0.25, 0.3) is 0 Å². The maximum absolute atomic E-state index is 12.0. The van der Waals surface area contributed by atoms with E-state index in [0.29, 0.717) is 6.54 Å². The average molecular weight is 350 g/mol. The second kappa shape index (κ2) is 8.99. The number of benzene rings is 1. The number of hydrogen-bond acceptors (Lipinski definition) is 3. The Morgan fingerprint density at radius 3 is 2.46 bits per heavy atom. The van der Waals surface area contributed by atoms with E-state index in [4.69, 9.17) is 0 Å². The second-order valence-corrected chi connectivity index (χ2v) is 7.81. The Labute approximate surface area is 147 Å². The summed E-state index contributed by atoms with van der Waals surface area (Å²) in [6.07, 6.45) is 3.60. The molecule has 5 nitrogen and oxygen atoms in total. The summed E-state index contributed by atoms with van der Waals surface area (Å²) < 4.78 is 11.3. The van der Waals surface area contributed by atoms with Crippen LogP contribution in [0.2, 0.25) is 0 Å². The number of hydrogen-bond donors (Lipinski definition) is 2. The first kappa shape index (κ1) is 18.7. The third-order valence-electron chi connectivity index (χ3n) is 4.12. The van der Waals surface area contributed by atoms with Gasteiger partial charge in [0.15, 0.2) is 0 Å². The molecular formula is C18H27N3O2S. The first-order chi connectivity index (χ1) is 11.4. The van der Waals surface area contributed by atoms with Crippen molar-refractivity contribution in [2.75, 3.05) is 25.9 Å². The molecular weight excluding hydrogens is 322 g/mol. The van der Waals surface area contributed by atoms with Gasteiger partial charge >= 0.3 is 6.03 Å². The van der Waals surface area contributed by atoms with Crippen LogP contribution in [0.5, 0.6) is 0 Å². The van der Waals surface area contributed by atoms with E-state index in [1.54, 1.807) is 6.26 Å². The van der Waals surface area contributed by atoms with Crippen molar-refractivity contribution in [3.05, 3.63) is 42.0 Å². The minimum absolute atomic E-state index is 0.128. The molecule has 1 aliphatic heterocycles. The highest BCUT2D eigenvalue weighted by Gasteiger charge is 2.20. The first-order valence-corrected chi connectivity index (χ1v) is 9.83. The molecule has 6 heteroatoms. The van der Waals surface area contributed by atoms with Gasteiger partial charge in [0.25, 0.3) is 0 Å². The summed E-state index contributed by atoms with van der Waals surface area (Å²) in [5.41, 5.74) is 2.17. The van der Waals surface area contributed by atoms with E-state index in [-0.39, 0.29) is 12.1 Å². The number of piperidine rings is 1. The lowest BCUT2D eigenvalue weighted by Crippen LogP contribution is -2.47. The summed E-state index contributed by atoms with van der Waals surface area (Å²) in [5.74, 6) is 0.